The van der Waals surface area contributed by atoms with E-state index in [1.165, 1.54) is 13.8 Å². The van der Waals surface area contributed by atoms with Crippen molar-refractivity contribution in [3.8, 4) is 0 Å². The summed E-state index contributed by atoms with van der Waals surface area (Å²) in [6, 6.07) is 1.99. The summed E-state index contributed by atoms with van der Waals surface area (Å²) >= 11 is 0. The number of carbonyl (C=O) groups excluding carboxylic acids is 5. The van der Waals surface area contributed by atoms with Gasteiger partial charge in [-0.25, -0.2) is 19.2 Å². The average molecular weight is 463 g/mol. The van der Waals surface area contributed by atoms with Gasteiger partial charge in [0.2, 0.25) is 0 Å². The van der Waals surface area contributed by atoms with Crippen molar-refractivity contribution in [2.75, 3.05) is 26.4 Å². The Morgan fingerprint density at radius 1 is 0.818 bits per heavy atom. The van der Waals surface area contributed by atoms with E-state index in [2.05, 4.69) is 11.9 Å². The zero-order chi connectivity index (χ0) is 25.1. The number of aromatic carboxylic acids is 1. The van der Waals surface area contributed by atoms with E-state index in [1.54, 1.807) is 0 Å². The maximum Gasteiger partial charge on any atom is 0.407 e. The van der Waals surface area contributed by atoms with Gasteiger partial charge < -0.3 is 24.6 Å². The lowest BCUT2D eigenvalue weighted by Crippen LogP contribution is -2.29. The van der Waals surface area contributed by atoms with Crippen molar-refractivity contribution in [1.29, 1.82) is 0 Å². The van der Waals surface area contributed by atoms with Crippen LogP contribution < -0.4 is 5.32 Å². The van der Waals surface area contributed by atoms with Crippen LogP contribution >= 0.6 is 0 Å². The smallest absolute Gasteiger partial charge is 0.407 e. The van der Waals surface area contributed by atoms with Crippen molar-refractivity contribution in [2.24, 2.45) is 0 Å². The number of carboxylic acid groups (broad SMARTS) is 1. The molecule has 0 saturated carbocycles. The van der Waals surface area contributed by atoms with Crippen LogP contribution in [0.3, 0.4) is 0 Å². The van der Waals surface area contributed by atoms with Crippen LogP contribution in [0, 0.1) is 0 Å². The number of alkyl carbamates (subject to hydrolysis) is 1. The summed E-state index contributed by atoms with van der Waals surface area (Å²) in [5.74, 6) is -4.08. The van der Waals surface area contributed by atoms with E-state index in [-0.39, 0.29) is 55.0 Å². The molecule has 33 heavy (non-hydrogen) atoms. The Kier molecular flexibility index (Phi) is 10.4. The number of amides is 1. The number of hydrogen-bond donors (Lipinski definition) is 2. The molecule has 2 N–H and O–H groups in total. The first-order chi connectivity index (χ1) is 15.5. The van der Waals surface area contributed by atoms with Crippen molar-refractivity contribution < 1.29 is 48.1 Å². The van der Waals surface area contributed by atoms with Crippen LogP contribution in [0.2, 0.25) is 0 Å². The van der Waals surface area contributed by atoms with Crippen LogP contribution in [-0.2, 0) is 19.0 Å². The van der Waals surface area contributed by atoms with Crippen LogP contribution in [0.15, 0.2) is 24.3 Å². The molecule has 0 aromatic heterocycles. The summed E-state index contributed by atoms with van der Waals surface area (Å²) in [6.07, 6.45) is -0.645. The second-order valence-electron chi connectivity index (χ2n) is 6.83. The third kappa shape index (κ3) is 8.56. The average Bonchev–Trinajstić information content (AvgIpc) is 2.74. The van der Waals surface area contributed by atoms with Gasteiger partial charge in [0.25, 0.3) is 0 Å². The molecule has 1 aromatic rings. The van der Waals surface area contributed by atoms with Crippen molar-refractivity contribution in [3.63, 3.8) is 0 Å². The summed E-state index contributed by atoms with van der Waals surface area (Å²) in [4.78, 5) is 70.1. The molecule has 0 fully saturated rings. The van der Waals surface area contributed by atoms with Gasteiger partial charge in [-0.2, -0.15) is 0 Å². The molecule has 0 heterocycles. The topological polar surface area (TPSA) is 162 Å². The number of nitrogens with one attached hydrogen (secondary N) is 1. The second kappa shape index (κ2) is 12.7. The first-order valence-corrected chi connectivity index (χ1v) is 9.79. The largest absolute Gasteiger partial charge is 0.478 e. The summed E-state index contributed by atoms with van der Waals surface area (Å²) in [7, 11) is 0. The Bertz CT molecular complexity index is 980. The van der Waals surface area contributed by atoms with Gasteiger partial charge in [-0.1, -0.05) is 6.58 Å². The third-order valence-electron chi connectivity index (χ3n) is 4.07. The van der Waals surface area contributed by atoms with Crippen molar-refractivity contribution in [1.82, 2.24) is 5.32 Å². The monoisotopic (exact) mass is 463 g/mol. The zero-order valence-electron chi connectivity index (χ0n) is 18.5. The number of hydrogen-bond acceptors (Lipinski definition) is 9. The van der Waals surface area contributed by atoms with Crippen molar-refractivity contribution >= 4 is 35.6 Å². The van der Waals surface area contributed by atoms with E-state index in [4.69, 9.17) is 14.2 Å². The van der Waals surface area contributed by atoms with Crippen molar-refractivity contribution in [2.45, 2.75) is 27.2 Å². The van der Waals surface area contributed by atoms with Crippen LogP contribution in [-0.4, -0.2) is 67.0 Å². The van der Waals surface area contributed by atoms with Crippen molar-refractivity contribution in [3.05, 3.63) is 46.5 Å². The highest BCUT2D eigenvalue weighted by atomic mass is 16.6. The molecule has 1 aromatic carbocycles. The minimum Gasteiger partial charge on any atom is -0.478 e. The fourth-order valence-electron chi connectivity index (χ4n) is 2.47. The predicted molar refractivity (Wildman–Crippen MR) is 113 cm³/mol. The van der Waals surface area contributed by atoms with Gasteiger partial charge >= 0.3 is 24.0 Å². The Morgan fingerprint density at radius 2 is 1.36 bits per heavy atom. The minimum absolute atomic E-state index is 0.0306. The van der Waals surface area contributed by atoms with Crippen LogP contribution in [0.4, 0.5) is 4.79 Å². The van der Waals surface area contributed by atoms with E-state index in [0.717, 1.165) is 19.1 Å². The van der Waals surface area contributed by atoms with Gasteiger partial charge in [0.1, 0.15) is 6.61 Å². The first kappa shape index (κ1) is 27.0. The number of ether oxygens (including phenoxy) is 3. The van der Waals surface area contributed by atoms with Gasteiger partial charge in [0.15, 0.2) is 11.6 Å². The summed E-state index contributed by atoms with van der Waals surface area (Å²) in [5.41, 5.74) is -0.811. The fourth-order valence-corrected chi connectivity index (χ4v) is 2.47. The number of carbonyl (C=O) groups is 6. The number of carboxylic acids is 1. The molecular weight excluding hydrogens is 438 g/mol. The lowest BCUT2D eigenvalue weighted by molar-refractivity contribution is -0.138. The zero-order valence-corrected chi connectivity index (χ0v) is 18.5. The summed E-state index contributed by atoms with van der Waals surface area (Å²) in [6.45, 7) is 6.91. The molecule has 0 unspecified atom stereocenters. The van der Waals surface area contributed by atoms with E-state index in [1.807, 2.05) is 0 Å². The molecule has 0 aliphatic carbocycles. The number of benzene rings is 1. The molecule has 1 rings (SSSR count). The van der Waals surface area contributed by atoms with Crippen LogP contribution in [0.5, 0.6) is 0 Å². The van der Waals surface area contributed by atoms with E-state index >= 15 is 0 Å². The Balaban J connectivity index is 2.57. The number of rotatable bonds is 12. The lowest BCUT2D eigenvalue weighted by Gasteiger charge is -2.12. The highest BCUT2D eigenvalue weighted by molar-refractivity contribution is 6.12. The first-order valence-electron chi connectivity index (χ1n) is 9.79. The van der Waals surface area contributed by atoms with Gasteiger partial charge in [-0.15, -0.1) is 0 Å². The molecule has 1 amide bonds. The number of ketones is 2. The molecule has 11 nitrogen and oxygen atoms in total. The van der Waals surface area contributed by atoms with E-state index in [9.17, 15) is 33.9 Å². The Labute approximate surface area is 189 Å². The molecule has 0 bridgehead atoms. The summed E-state index contributed by atoms with van der Waals surface area (Å²) in [5, 5.41) is 11.7. The Morgan fingerprint density at radius 3 is 1.91 bits per heavy atom. The van der Waals surface area contributed by atoms with Crippen LogP contribution in [0.25, 0.3) is 0 Å². The van der Waals surface area contributed by atoms with Gasteiger partial charge in [0, 0.05) is 23.1 Å². The molecule has 0 aliphatic rings. The molecule has 0 atom stereocenters. The normalized spacial score (nSPS) is 10.0. The van der Waals surface area contributed by atoms with Gasteiger partial charge in [0.05, 0.1) is 30.9 Å². The van der Waals surface area contributed by atoms with Gasteiger partial charge in [-0.3, -0.25) is 9.59 Å². The maximum atomic E-state index is 12.4. The number of esters is 2. The third-order valence-corrected chi connectivity index (χ3v) is 4.07. The molecule has 0 saturated heterocycles. The Hall–Kier alpha value is -4.02. The predicted octanol–water partition coefficient (Wildman–Crippen LogP) is 2.18. The number of Topliss-reactive ketones (excluding diaryl/α,β-unsaturated/α-hetero) is 2. The molecular formula is C22H25NO10. The quantitative estimate of drug-likeness (QED) is 0.154. The minimum atomic E-state index is -1.43. The highest BCUT2D eigenvalue weighted by Gasteiger charge is 2.23. The highest BCUT2D eigenvalue weighted by Crippen LogP contribution is 2.20. The van der Waals surface area contributed by atoms with Crippen LogP contribution in [0.1, 0.15) is 68.6 Å². The summed E-state index contributed by atoms with van der Waals surface area (Å²) < 4.78 is 14.7. The lowest BCUT2D eigenvalue weighted by atomic mass is 9.94. The fraction of sp³-hybridized carbons (Fsp3) is 0.364. The molecule has 0 radical (unpaired) electrons. The molecule has 0 aliphatic heterocycles. The van der Waals surface area contributed by atoms with Gasteiger partial charge in [-0.05, 0) is 32.9 Å². The standard InChI is InChI=1S/C22H25NO10/c1-12(2)20(28)32-9-6-23-22(30)33-8-5-7-31-21(29)18-11-17(19(26)27)15(13(3)24)10-16(18)14(4)25/h10-11H,1,5-9H2,2-4H3,(H,23,30)(H,26,27). The molecule has 11 heteroatoms. The second-order valence-corrected chi connectivity index (χ2v) is 6.83. The SMILES string of the molecule is C=C(C)C(=O)OCCNC(=O)OCCCOC(=O)c1cc(C(=O)O)c(C(C)=O)cc1C(C)=O. The molecule has 0 spiro atoms. The maximum absolute atomic E-state index is 12.4. The molecule has 178 valence electrons. The van der Waals surface area contributed by atoms with E-state index < -0.39 is 41.1 Å². The van der Waals surface area contributed by atoms with E-state index in [0.29, 0.717) is 0 Å².